The lowest BCUT2D eigenvalue weighted by atomic mass is 9.92. The van der Waals surface area contributed by atoms with Crippen LogP contribution in [0.3, 0.4) is 0 Å². The second-order valence-corrected chi connectivity index (χ2v) is 4.66. The van der Waals surface area contributed by atoms with Crippen molar-refractivity contribution in [2.75, 3.05) is 6.61 Å². The van der Waals surface area contributed by atoms with Crippen LogP contribution in [-0.2, 0) is 5.67 Å². The maximum absolute atomic E-state index is 13.8. The molecule has 0 saturated heterocycles. The SMILES string of the molecule is Cc1ccc(C(C)(C)F)cc1C(N)CCO. The maximum Gasteiger partial charge on any atom is 0.130 e. The van der Waals surface area contributed by atoms with E-state index < -0.39 is 5.67 Å². The molecule has 0 fully saturated rings. The molecule has 0 amide bonds. The van der Waals surface area contributed by atoms with Gasteiger partial charge in [-0.3, -0.25) is 0 Å². The number of halogens is 1. The average Bonchev–Trinajstić information content (AvgIpc) is 2.16. The predicted molar refractivity (Wildman–Crippen MR) is 63.9 cm³/mol. The Bertz CT molecular complexity index is 357. The lowest BCUT2D eigenvalue weighted by molar-refractivity contribution is 0.221. The summed E-state index contributed by atoms with van der Waals surface area (Å²) in [6.07, 6.45) is 0.497. The maximum atomic E-state index is 13.8. The summed E-state index contributed by atoms with van der Waals surface area (Å²) in [5, 5.41) is 8.86. The molecule has 0 bridgehead atoms. The highest BCUT2D eigenvalue weighted by Gasteiger charge is 2.20. The number of aryl methyl sites for hydroxylation is 1. The van der Waals surface area contributed by atoms with Crippen LogP contribution in [0.2, 0.25) is 0 Å². The number of benzene rings is 1. The van der Waals surface area contributed by atoms with Crippen LogP contribution in [0.15, 0.2) is 18.2 Å². The van der Waals surface area contributed by atoms with E-state index in [0.29, 0.717) is 12.0 Å². The zero-order chi connectivity index (χ0) is 12.3. The summed E-state index contributed by atoms with van der Waals surface area (Å²) in [4.78, 5) is 0. The van der Waals surface area contributed by atoms with Crippen molar-refractivity contribution in [1.29, 1.82) is 0 Å². The quantitative estimate of drug-likeness (QED) is 0.827. The molecule has 1 aromatic carbocycles. The lowest BCUT2D eigenvalue weighted by Gasteiger charge is -2.20. The van der Waals surface area contributed by atoms with Gasteiger partial charge >= 0.3 is 0 Å². The molecule has 1 unspecified atom stereocenters. The van der Waals surface area contributed by atoms with Crippen molar-refractivity contribution in [3.63, 3.8) is 0 Å². The van der Waals surface area contributed by atoms with E-state index >= 15 is 0 Å². The van der Waals surface area contributed by atoms with Gasteiger partial charge in [0.2, 0.25) is 0 Å². The fourth-order valence-electron chi connectivity index (χ4n) is 1.70. The molecule has 0 aliphatic rings. The molecule has 0 saturated carbocycles. The third-order valence-corrected chi connectivity index (χ3v) is 2.81. The van der Waals surface area contributed by atoms with Crippen LogP contribution < -0.4 is 5.73 Å². The van der Waals surface area contributed by atoms with Crippen LogP contribution in [0.25, 0.3) is 0 Å². The number of rotatable bonds is 4. The third-order valence-electron chi connectivity index (χ3n) is 2.81. The number of aliphatic hydroxyl groups is 1. The van der Waals surface area contributed by atoms with Crippen molar-refractivity contribution in [3.8, 4) is 0 Å². The van der Waals surface area contributed by atoms with Gasteiger partial charge in [0, 0.05) is 12.6 Å². The highest BCUT2D eigenvalue weighted by atomic mass is 19.1. The summed E-state index contributed by atoms with van der Waals surface area (Å²) in [5.41, 5.74) is 7.15. The van der Waals surface area contributed by atoms with Crippen LogP contribution in [-0.4, -0.2) is 11.7 Å². The van der Waals surface area contributed by atoms with E-state index in [2.05, 4.69) is 0 Å². The topological polar surface area (TPSA) is 46.2 Å². The number of hydrogen-bond donors (Lipinski definition) is 2. The summed E-state index contributed by atoms with van der Waals surface area (Å²) >= 11 is 0. The standard InChI is InChI=1S/C13H20FNO/c1-9-4-5-10(13(2,3)14)8-11(9)12(15)6-7-16/h4-5,8,12,16H,6-7,15H2,1-3H3. The molecular weight excluding hydrogens is 205 g/mol. The zero-order valence-corrected chi connectivity index (χ0v) is 10.1. The summed E-state index contributed by atoms with van der Waals surface area (Å²) in [6, 6.07) is 5.23. The summed E-state index contributed by atoms with van der Waals surface area (Å²) in [7, 11) is 0. The fraction of sp³-hybridized carbons (Fsp3) is 0.538. The molecule has 90 valence electrons. The molecule has 1 aromatic rings. The normalized spacial score (nSPS) is 13.9. The van der Waals surface area contributed by atoms with Gasteiger partial charge in [0.15, 0.2) is 0 Å². The minimum Gasteiger partial charge on any atom is -0.396 e. The first-order valence-electron chi connectivity index (χ1n) is 5.52. The molecule has 2 nitrogen and oxygen atoms in total. The van der Waals surface area contributed by atoms with Gasteiger partial charge in [-0.15, -0.1) is 0 Å². The molecule has 0 radical (unpaired) electrons. The molecule has 16 heavy (non-hydrogen) atoms. The molecular formula is C13H20FNO. The Balaban J connectivity index is 3.09. The van der Waals surface area contributed by atoms with Crippen LogP contribution in [0.5, 0.6) is 0 Å². The predicted octanol–water partition coefficient (Wildman–Crippen LogP) is 2.58. The fourth-order valence-corrected chi connectivity index (χ4v) is 1.70. The van der Waals surface area contributed by atoms with Gasteiger partial charge < -0.3 is 10.8 Å². The third kappa shape index (κ3) is 3.03. The Hall–Kier alpha value is -0.930. The molecule has 0 heterocycles. The van der Waals surface area contributed by atoms with Gasteiger partial charge in [0.05, 0.1) is 0 Å². The Morgan fingerprint density at radius 1 is 1.44 bits per heavy atom. The van der Waals surface area contributed by atoms with Crippen molar-refractivity contribution in [1.82, 2.24) is 0 Å². The lowest BCUT2D eigenvalue weighted by Crippen LogP contribution is -2.16. The molecule has 3 heteroatoms. The molecule has 0 aliphatic carbocycles. The van der Waals surface area contributed by atoms with Gasteiger partial charge in [-0.25, -0.2) is 4.39 Å². The monoisotopic (exact) mass is 225 g/mol. The van der Waals surface area contributed by atoms with Gasteiger partial charge in [0.25, 0.3) is 0 Å². The molecule has 1 rings (SSSR count). The second kappa shape index (κ2) is 4.93. The average molecular weight is 225 g/mol. The van der Waals surface area contributed by atoms with E-state index in [-0.39, 0.29) is 12.6 Å². The van der Waals surface area contributed by atoms with E-state index in [9.17, 15) is 4.39 Å². The largest absolute Gasteiger partial charge is 0.396 e. The molecule has 0 spiro atoms. The summed E-state index contributed by atoms with van der Waals surface area (Å²) in [5.74, 6) is 0. The van der Waals surface area contributed by atoms with Gasteiger partial charge in [-0.05, 0) is 43.9 Å². The molecule has 1 atom stereocenters. The van der Waals surface area contributed by atoms with E-state index in [1.165, 1.54) is 13.8 Å². The number of nitrogens with two attached hydrogens (primary N) is 1. The minimum absolute atomic E-state index is 0.0455. The molecule has 0 aromatic heterocycles. The zero-order valence-electron chi connectivity index (χ0n) is 10.1. The first kappa shape index (κ1) is 13.1. The highest BCUT2D eigenvalue weighted by Crippen LogP contribution is 2.28. The highest BCUT2D eigenvalue weighted by molar-refractivity contribution is 5.35. The Labute approximate surface area is 96.3 Å². The van der Waals surface area contributed by atoms with Crippen LogP contribution in [0.4, 0.5) is 4.39 Å². The Morgan fingerprint density at radius 3 is 2.56 bits per heavy atom. The summed E-state index contributed by atoms with van der Waals surface area (Å²) in [6.45, 7) is 5.05. The second-order valence-electron chi connectivity index (χ2n) is 4.66. The van der Waals surface area contributed by atoms with Crippen molar-refractivity contribution in [3.05, 3.63) is 34.9 Å². The van der Waals surface area contributed by atoms with Crippen molar-refractivity contribution < 1.29 is 9.50 Å². The van der Waals surface area contributed by atoms with Crippen molar-refractivity contribution in [2.45, 2.75) is 38.9 Å². The molecule has 0 aliphatic heterocycles. The van der Waals surface area contributed by atoms with Crippen molar-refractivity contribution >= 4 is 0 Å². The Kier molecular flexibility index (Phi) is 4.05. The van der Waals surface area contributed by atoms with E-state index in [1.807, 2.05) is 13.0 Å². The first-order chi connectivity index (χ1) is 7.36. The van der Waals surface area contributed by atoms with Crippen LogP contribution in [0.1, 0.15) is 43.0 Å². The van der Waals surface area contributed by atoms with Gasteiger partial charge in [-0.2, -0.15) is 0 Å². The number of hydrogen-bond acceptors (Lipinski definition) is 2. The van der Waals surface area contributed by atoms with E-state index in [0.717, 1.165) is 11.1 Å². The Morgan fingerprint density at radius 2 is 2.06 bits per heavy atom. The smallest absolute Gasteiger partial charge is 0.130 e. The van der Waals surface area contributed by atoms with Crippen LogP contribution in [0, 0.1) is 6.92 Å². The summed E-state index contributed by atoms with van der Waals surface area (Å²) < 4.78 is 13.8. The van der Waals surface area contributed by atoms with E-state index in [1.54, 1.807) is 12.1 Å². The first-order valence-corrected chi connectivity index (χ1v) is 5.52. The van der Waals surface area contributed by atoms with Gasteiger partial charge in [0.1, 0.15) is 5.67 Å². The number of aliphatic hydroxyl groups excluding tert-OH is 1. The minimum atomic E-state index is -1.36. The van der Waals surface area contributed by atoms with Crippen molar-refractivity contribution in [2.24, 2.45) is 5.73 Å². The van der Waals surface area contributed by atoms with Crippen LogP contribution >= 0.6 is 0 Å². The van der Waals surface area contributed by atoms with Gasteiger partial charge in [-0.1, -0.05) is 18.2 Å². The number of alkyl halides is 1. The van der Waals surface area contributed by atoms with E-state index in [4.69, 9.17) is 10.8 Å². The molecule has 3 N–H and O–H groups in total.